The van der Waals surface area contributed by atoms with Gasteiger partial charge in [0.2, 0.25) is 0 Å². The summed E-state index contributed by atoms with van der Waals surface area (Å²) >= 11 is 0. The molecular formula is C21H22N4O. The summed E-state index contributed by atoms with van der Waals surface area (Å²) in [5, 5.41) is 14.8. The van der Waals surface area contributed by atoms with Gasteiger partial charge in [0.25, 0.3) is 0 Å². The van der Waals surface area contributed by atoms with Crippen molar-refractivity contribution in [1.82, 2.24) is 9.97 Å². The Kier molecular flexibility index (Phi) is 5.59. The second-order valence-corrected chi connectivity index (χ2v) is 6.11. The minimum atomic E-state index is 0.219. The monoisotopic (exact) mass is 346 g/mol. The first kappa shape index (κ1) is 17.6. The number of aromatic nitrogens is 2. The summed E-state index contributed by atoms with van der Waals surface area (Å²) in [5.74, 6) is 1.55. The molecule has 0 spiro atoms. The van der Waals surface area contributed by atoms with E-state index in [2.05, 4.69) is 32.6 Å². The van der Waals surface area contributed by atoms with Crippen LogP contribution in [0.5, 0.6) is 5.75 Å². The maximum absolute atomic E-state index is 10.2. The highest BCUT2D eigenvalue weighted by atomic mass is 16.3. The van der Waals surface area contributed by atoms with Gasteiger partial charge in [-0.2, -0.15) is 5.10 Å². The quantitative estimate of drug-likeness (QED) is 0.517. The molecule has 3 rings (SSSR count). The Morgan fingerprint density at radius 3 is 2.46 bits per heavy atom. The van der Waals surface area contributed by atoms with Crippen LogP contribution in [0.2, 0.25) is 0 Å². The number of nitrogens with one attached hydrogen (secondary N) is 1. The fraction of sp³-hybridized carbons (Fsp3) is 0.190. The molecule has 5 heteroatoms. The SMILES string of the molecule is Cc1cc(N/N=C(/CCc2ccccc2)c2ccccc2O)nc(C)n1. The molecule has 0 atom stereocenters. The van der Waals surface area contributed by atoms with Crippen molar-refractivity contribution in [3.63, 3.8) is 0 Å². The van der Waals surface area contributed by atoms with Gasteiger partial charge >= 0.3 is 0 Å². The molecule has 3 aromatic rings. The second-order valence-electron chi connectivity index (χ2n) is 6.11. The minimum absolute atomic E-state index is 0.219. The number of aryl methyl sites for hydroxylation is 3. The predicted molar refractivity (Wildman–Crippen MR) is 105 cm³/mol. The van der Waals surface area contributed by atoms with Gasteiger partial charge in [0.05, 0.1) is 5.71 Å². The van der Waals surface area contributed by atoms with Gasteiger partial charge in [0, 0.05) is 17.3 Å². The largest absolute Gasteiger partial charge is 0.507 e. The maximum Gasteiger partial charge on any atom is 0.150 e. The van der Waals surface area contributed by atoms with Crippen LogP contribution in [0.4, 0.5) is 5.82 Å². The van der Waals surface area contributed by atoms with E-state index in [9.17, 15) is 5.11 Å². The van der Waals surface area contributed by atoms with E-state index in [0.29, 0.717) is 18.1 Å². The fourth-order valence-electron chi connectivity index (χ4n) is 2.77. The summed E-state index contributed by atoms with van der Waals surface area (Å²) in [6, 6.07) is 19.3. The molecule has 0 aliphatic carbocycles. The van der Waals surface area contributed by atoms with Gasteiger partial charge in [-0.25, -0.2) is 9.97 Å². The van der Waals surface area contributed by atoms with Crippen LogP contribution < -0.4 is 5.43 Å². The number of benzene rings is 2. The average molecular weight is 346 g/mol. The molecule has 2 aromatic carbocycles. The summed E-state index contributed by atoms with van der Waals surface area (Å²) in [4.78, 5) is 8.62. The number of rotatable bonds is 6. The number of hydrogen-bond acceptors (Lipinski definition) is 5. The lowest BCUT2D eigenvalue weighted by atomic mass is 10.0. The molecular weight excluding hydrogens is 324 g/mol. The topological polar surface area (TPSA) is 70.4 Å². The van der Waals surface area contributed by atoms with Crippen LogP contribution in [0.15, 0.2) is 65.8 Å². The summed E-state index contributed by atoms with van der Waals surface area (Å²) < 4.78 is 0. The summed E-state index contributed by atoms with van der Waals surface area (Å²) in [5.41, 5.74) is 6.62. The number of anilines is 1. The van der Waals surface area contributed by atoms with E-state index in [1.807, 2.05) is 50.2 Å². The Labute approximate surface area is 153 Å². The van der Waals surface area contributed by atoms with Crippen LogP contribution in [-0.2, 0) is 6.42 Å². The van der Waals surface area contributed by atoms with E-state index in [0.717, 1.165) is 23.4 Å². The number of hydrazone groups is 1. The lowest BCUT2D eigenvalue weighted by Gasteiger charge is -2.10. The number of phenols is 1. The minimum Gasteiger partial charge on any atom is -0.507 e. The molecule has 0 saturated carbocycles. The first-order chi connectivity index (χ1) is 12.6. The predicted octanol–water partition coefficient (Wildman–Crippen LogP) is 4.25. The first-order valence-corrected chi connectivity index (χ1v) is 8.59. The molecule has 1 aromatic heterocycles. The molecule has 0 fully saturated rings. The highest BCUT2D eigenvalue weighted by molar-refractivity contribution is 6.03. The van der Waals surface area contributed by atoms with E-state index >= 15 is 0 Å². The Balaban J connectivity index is 1.85. The molecule has 0 aliphatic rings. The van der Waals surface area contributed by atoms with Crippen molar-refractivity contribution >= 4 is 11.5 Å². The number of aromatic hydroxyl groups is 1. The van der Waals surface area contributed by atoms with E-state index in [4.69, 9.17) is 0 Å². The molecule has 0 amide bonds. The lowest BCUT2D eigenvalue weighted by Crippen LogP contribution is -2.08. The van der Waals surface area contributed by atoms with Crippen molar-refractivity contribution in [2.75, 3.05) is 5.43 Å². The second kappa shape index (κ2) is 8.25. The van der Waals surface area contributed by atoms with Crippen molar-refractivity contribution < 1.29 is 5.11 Å². The third-order valence-electron chi connectivity index (χ3n) is 3.98. The van der Waals surface area contributed by atoms with Gasteiger partial charge < -0.3 is 5.11 Å². The maximum atomic E-state index is 10.2. The van der Waals surface area contributed by atoms with Gasteiger partial charge in [0.1, 0.15) is 17.4 Å². The molecule has 132 valence electrons. The third kappa shape index (κ3) is 4.66. The normalized spacial score (nSPS) is 11.4. The lowest BCUT2D eigenvalue weighted by molar-refractivity contribution is 0.474. The van der Waals surface area contributed by atoms with Gasteiger partial charge in [0.15, 0.2) is 0 Å². The molecule has 0 saturated heterocycles. The molecule has 2 N–H and O–H groups in total. The smallest absolute Gasteiger partial charge is 0.150 e. The molecule has 1 heterocycles. The highest BCUT2D eigenvalue weighted by Gasteiger charge is 2.10. The zero-order valence-electron chi connectivity index (χ0n) is 15.0. The highest BCUT2D eigenvalue weighted by Crippen LogP contribution is 2.20. The Hall–Kier alpha value is -3.21. The zero-order valence-corrected chi connectivity index (χ0v) is 15.0. The average Bonchev–Trinajstić information content (AvgIpc) is 2.63. The van der Waals surface area contributed by atoms with Gasteiger partial charge in [-0.15, -0.1) is 0 Å². The van der Waals surface area contributed by atoms with E-state index in [1.165, 1.54) is 5.56 Å². The van der Waals surface area contributed by atoms with Crippen LogP contribution >= 0.6 is 0 Å². The van der Waals surface area contributed by atoms with Gasteiger partial charge in [-0.3, -0.25) is 5.43 Å². The first-order valence-electron chi connectivity index (χ1n) is 8.59. The van der Waals surface area contributed by atoms with Crippen LogP contribution in [0, 0.1) is 13.8 Å². The van der Waals surface area contributed by atoms with Crippen molar-refractivity contribution in [3.8, 4) is 5.75 Å². The summed E-state index contributed by atoms with van der Waals surface area (Å²) in [6.07, 6.45) is 1.52. The molecule has 0 bridgehead atoms. The van der Waals surface area contributed by atoms with Gasteiger partial charge in [-0.05, 0) is 44.4 Å². The number of para-hydroxylation sites is 1. The Bertz CT molecular complexity index is 887. The van der Waals surface area contributed by atoms with Crippen molar-refractivity contribution in [3.05, 3.63) is 83.3 Å². The van der Waals surface area contributed by atoms with Gasteiger partial charge in [-0.1, -0.05) is 42.5 Å². The molecule has 5 nitrogen and oxygen atoms in total. The van der Waals surface area contributed by atoms with Crippen molar-refractivity contribution in [2.45, 2.75) is 26.7 Å². The number of phenolic OH excluding ortho intramolecular Hbond substituents is 1. The van der Waals surface area contributed by atoms with E-state index < -0.39 is 0 Å². The molecule has 0 unspecified atom stereocenters. The Morgan fingerprint density at radius 1 is 1.00 bits per heavy atom. The molecule has 0 radical (unpaired) electrons. The molecule has 0 aliphatic heterocycles. The van der Waals surface area contributed by atoms with Crippen molar-refractivity contribution in [2.24, 2.45) is 5.10 Å². The van der Waals surface area contributed by atoms with Crippen molar-refractivity contribution in [1.29, 1.82) is 0 Å². The third-order valence-corrected chi connectivity index (χ3v) is 3.98. The fourth-order valence-corrected chi connectivity index (χ4v) is 2.77. The molecule has 26 heavy (non-hydrogen) atoms. The number of nitrogens with zero attached hydrogens (tertiary/aromatic N) is 3. The van der Waals surface area contributed by atoms with Crippen LogP contribution in [0.3, 0.4) is 0 Å². The van der Waals surface area contributed by atoms with Crippen LogP contribution in [-0.4, -0.2) is 20.8 Å². The number of hydrogen-bond donors (Lipinski definition) is 2. The van der Waals surface area contributed by atoms with Crippen LogP contribution in [0.1, 0.15) is 29.1 Å². The van der Waals surface area contributed by atoms with E-state index in [1.54, 1.807) is 12.1 Å². The Morgan fingerprint density at radius 2 is 1.73 bits per heavy atom. The van der Waals surface area contributed by atoms with Crippen LogP contribution in [0.25, 0.3) is 0 Å². The zero-order chi connectivity index (χ0) is 18.4. The van der Waals surface area contributed by atoms with E-state index in [-0.39, 0.29) is 5.75 Å². The standard InChI is InChI=1S/C21H22N4O/c1-15-14-21(23-16(2)22-15)25-24-19(18-10-6-7-11-20(18)26)13-12-17-8-4-3-5-9-17/h3-11,14,26H,12-13H2,1-2H3,(H,22,23,25)/b24-19-. The summed E-state index contributed by atoms with van der Waals surface area (Å²) in [7, 11) is 0. The summed E-state index contributed by atoms with van der Waals surface area (Å²) in [6.45, 7) is 3.77.